The van der Waals surface area contributed by atoms with E-state index >= 15 is 0 Å². The zero-order valence-electron chi connectivity index (χ0n) is 10.1. The molecule has 0 saturated heterocycles. The Labute approximate surface area is 108 Å². The lowest BCUT2D eigenvalue weighted by Gasteiger charge is -2.14. The summed E-state index contributed by atoms with van der Waals surface area (Å²) in [6.07, 6.45) is 0. The number of nitrogens with zero attached hydrogens (tertiary/aromatic N) is 1. The Balaban J connectivity index is 2.43. The van der Waals surface area contributed by atoms with Gasteiger partial charge >= 0.3 is 5.97 Å². The summed E-state index contributed by atoms with van der Waals surface area (Å²) in [5.41, 5.74) is 0. The van der Waals surface area contributed by atoms with Crippen molar-refractivity contribution in [1.82, 2.24) is 10.2 Å². The molecule has 0 radical (unpaired) electrons. The minimum atomic E-state index is -1.09. The number of nitrogens with one attached hydrogen (secondary N) is 1. The summed E-state index contributed by atoms with van der Waals surface area (Å²) in [5.74, 6) is -1.87. The number of aliphatic carboxylic acids is 1. The normalized spacial score (nSPS) is 9.89. The van der Waals surface area contributed by atoms with Gasteiger partial charge in [0.1, 0.15) is 6.54 Å². The first-order valence-electron chi connectivity index (χ1n) is 5.20. The maximum atomic E-state index is 11.6. The van der Waals surface area contributed by atoms with Crippen LogP contribution in [0.3, 0.4) is 0 Å². The molecular weight excluding hydrogens is 256 g/mol. The molecule has 7 heteroatoms. The van der Waals surface area contributed by atoms with Crippen LogP contribution in [0.1, 0.15) is 14.5 Å². The van der Waals surface area contributed by atoms with Gasteiger partial charge in [0.25, 0.3) is 5.91 Å². The third-order valence-corrected chi connectivity index (χ3v) is 3.16. The number of amides is 2. The minimum absolute atomic E-state index is 0.209. The number of aryl methyl sites for hydroxylation is 1. The summed E-state index contributed by atoms with van der Waals surface area (Å²) in [6, 6.07) is 3.50. The lowest BCUT2D eigenvalue weighted by atomic mass is 10.4. The highest BCUT2D eigenvalue weighted by Crippen LogP contribution is 2.14. The van der Waals surface area contributed by atoms with Crippen molar-refractivity contribution in [1.29, 1.82) is 0 Å². The monoisotopic (exact) mass is 270 g/mol. The number of carboxylic acid groups (broad SMARTS) is 1. The van der Waals surface area contributed by atoms with E-state index in [1.807, 2.05) is 13.0 Å². The quantitative estimate of drug-likeness (QED) is 0.807. The first kappa shape index (κ1) is 14.2. The lowest BCUT2D eigenvalue weighted by Crippen LogP contribution is -2.40. The van der Waals surface area contributed by atoms with Crippen molar-refractivity contribution in [2.24, 2.45) is 0 Å². The van der Waals surface area contributed by atoms with E-state index in [1.54, 1.807) is 6.07 Å². The van der Waals surface area contributed by atoms with Gasteiger partial charge in [-0.05, 0) is 19.1 Å². The van der Waals surface area contributed by atoms with Crippen molar-refractivity contribution < 1.29 is 19.5 Å². The number of carboxylic acids is 1. The Bertz CT molecular complexity index is 469. The van der Waals surface area contributed by atoms with Crippen LogP contribution in [0.2, 0.25) is 0 Å². The molecule has 0 aliphatic rings. The van der Waals surface area contributed by atoms with Crippen molar-refractivity contribution >= 4 is 29.1 Å². The van der Waals surface area contributed by atoms with Crippen LogP contribution in [0, 0.1) is 6.92 Å². The molecule has 0 aliphatic heterocycles. The van der Waals surface area contributed by atoms with Gasteiger partial charge in [-0.2, -0.15) is 0 Å². The Morgan fingerprint density at radius 1 is 1.39 bits per heavy atom. The fourth-order valence-electron chi connectivity index (χ4n) is 1.23. The second-order valence-electron chi connectivity index (χ2n) is 3.74. The number of carbonyl (C=O) groups excluding carboxylic acids is 2. The molecule has 1 aromatic rings. The van der Waals surface area contributed by atoms with Crippen LogP contribution in [-0.4, -0.2) is 47.9 Å². The van der Waals surface area contributed by atoms with Gasteiger partial charge in [-0.15, -0.1) is 11.3 Å². The molecule has 1 aromatic heterocycles. The maximum absolute atomic E-state index is 11.6. The van der Waals surface area contributed by atoms with Crippen molar-refractivity contribution in [2.45, 2.75) is 6.92 Å². The number of likely N-dealkylation sites (N-methyl/N-ethyl adjacent to an activating group) is 1. The number of thiophene rings is 1. The molecule has 0 unspecified atom stereocenters. The van der Waals surface area contributed by atoms with Gasteiger partial charge in [0, 0.05) is 11.9 Å². The standard InChI is InChI=1S/C11H14N2O4S/c1-7-3-4-8(18-7)11(17)12-5-9(14)13(2)6-10(15)16/h3-4H,5-6H2,1-2H3,(H,12,17)(H,15,16). The van der Waals surface area contributed by atoms with E-state index in [1.165, 1.54) is 18.4 Å². The van der Waals surface area contributed by atoms with E-state index in [0.717, 1.165) is 9.78 Å². The molecule has 1 heterocycles. The van der Waals surface area contributed by atoms with Crippen LogP contribution in [-0.2, 0) is 9.59 Å². The molecule has 0 fully saturated rings. The second kappa shape index (κ2) is 6.15. The van der Waals surface area contributed by atoms with Crippen LogP contribution in [0.25, 0.3) is 0 Å². The lowest BCUT2D eigenvalue weighted by molar-refractivity contribution is -0.143. The predicted molar refractivity (Wildman–Crippen MR) is 66.7 cm³/mol. The van der Waals surface area contributed by atoms with E-state index < -0.39 is 11.9 Å². The number of carbonyl (C=O) groups is 3. The molecule has 0 atom stereocenters. The summed E-state index contributed by atoms with van der Waals surface area (Å²) in [7, 11) is 1.37. The number of hydrogen-bond acceptors (Lipinski definition) is 4. The Hall–Kier alpha value is -1.89. The molecule has 2 N–H and O–H groups in total. The molecule has 2 amide bonds. The molecule has 6 nitrogen and oxygen atoms in total. The van der Waals surface area contributed by atoms with Gasteiger partial charge in [0.2, 0.25) is 5.91 Å². The predicted octanol–water partition coefficient (Wildman–Crippen LogP) is 0.329. The average molecular weight is 270 g/mol. The third kappa shape index (κ3) is 4.17. The summed E-state index contributed by atoms with van der Waals surface area (Å²) in [6.45, 7) is 1.29. The van der Waals surface area contributed by atoms with Crippen molar-refractivity contribution in [3.05, 3.63) is 21.9 Å². The van der Waals surface area contributed by atoms with E-state index in [9.17, 15) is 14.4 Å². The molecule has 0 spiro atoms. The van der Waals surface area contributed by atoms with Crippen molar-refractivity contribution in [2.75, 3.05) is 20.1 Å². The third-order valence-electron chi connectivity index (χ3n) is 2.16. The zero-order chi connectivity index (χ0) is 13.7. The van der Waals surface area contributed by atoms with Crippen molar-refractivity contribution in [3.63, 3.8) is 0 Å². The number of hydrogen-bond donors (Lipinski definition) is 2. The van der Waals surface area contributed by atoms with Crippen LogP contribution >= 0.6 is 11.3 Å². The zero-order valence-corrected chi connectivity index (χ0v) is 10.9. The Kier molecular flexibility index (Phi) is 4.85. The van der Waals surface area contributed by atoms with Gasteiger partial charge in [-0.1, -0.05) is 0 Å². The highest BCUT2D eigenvalue weighted by molar-refractivity contribution is 7.13. The molecular formula is C11H14N2O4S. The SMILES string of the molecule is Cc1ccc(C(=O)NCC(=O)N(C)CC(=O)O)s1. The molecule has 18 heavy (non-hydrogen) atoms. The van der Waals surface area contributed by atoms with E-state index in [-0.39, 0.29) is 19.0 Å². The van der Waals surface area contributed by atoms with Gasteiger partial charge in [0.15, 0.2) is 0 Å². The fourth-order valence-corrected chi connectivity index (χ4v) is 2.01. The highest BCUT2D eigenvalue weighted by atomic mass is 32.1. The molecule has 1 rings (SSSR count). The minimum Gasteiger partial charge on any atom is -0.480 e. The van der Waals surface area contributed by atoms with E-state index in [0.29, 0.717) is 4.88 Å². The summed E-state index contributed by atoms with van der Waals surface area (Å²) < 4.78 is 0. The van der Waals surface area contributed by atoms with E-state index in [2.05, 4.69) is 5.32 Å². The summed E-state index contributed by atoms with van der Waals surface area (Å²) in [4.78, 5) is 36.1. The summed E-state index contributed by atoms with van der Waals surface area (Å²) >= 11 is 1.34. The van der Waals surface area contributed by atoms with Crippen LogP contribution in [0.15, 0.2) is 12.1 Å². The second-order valence-corrected chi connectivity index (χ2v) is 5.02. The van der Waals surface area contributed by atoms with Crippen LogP contribution in [0.5, 0.6) is 0 Å². The largest absolute Gasteiger partial charge is 0.480 e. The van der Waals surface area contributed by atoms with Gasteiger partial charge in [-0.25, -0.2) is 0 Å². The van der Waals surface area contributed by atoms with Crippen molar-refractivity contribution in [3.8, 4) is 0 Å². The smallest absolute Gasteiger partial charge is 0.323 e. The van der Waals surface area contributed by atoms with Crippen LogP contribution in [0.4, 0.5) is 0 Å². The molecule has 0 aromatic carbocycles. The average Bonchev–Trinajstić information content (AvgIpc) is 2.71. The van der Waals surface area contributed by atoms with Gasteiger partial charge in [-0.3, -0.25) is 14.4 Å². The Morgan fingerprint density at radius 2 is 2.06 bits per heavy atom. The van der Waals surface area contributed by atoms with E-state index in [4.69, 9.17) is 5.11 Å². The Morgan fingerprint density at radius 3 is 2.56 bits per heavy atom. The molecule has 0 bridgehead atoms. The summed E-state index contributed by atoms with van der Waals surface area (Å²) in [5, 5.41) is 11.0. The fraction of sp³-hybridized carbons (Fsp3) is 0.364. The molecule has 98 valence electrons. The molecule has 0 saturated carbocycles. The topological polar surface area (TPSA) is 86.7 Å². The first-order chi connectivity index (χ1) is 8.40. The first-order valence-corrected chi connectivity index (χ1v) is 6.02. The number of rotatable bonds is 5. The highest BCUT2D eigenvalue weighted by Gasteiger charge is 2.14. The van der Waals surface area contributed by atoms with Crippen LogP contribution < -0.4 is 5.32 Å². The molecule has 0 aliphatic carbocycles. The van der Waals surface area contributed by atoms with Gasteiger partial charge < -0.3 is 15.3 Å². The van der Waals surface area contributed by atoms with Gasteiger partial charge in [0.05, 0.1) is 11.4 Å². The maximum Gasteiger partial charge on any atom is 0.323 e.